The molecule has 2 saturated heterocycles. The molecule has 0 aromatic heterocycles. The molecule has 2 aliphatic heterocycles. The molecular formula is C9H12O6S. The highest BCUT2D eigenvalue weighted by molar-refractivity contribution is 7.82. The minimum absolute atomic E-state index is 0.00810. The van der Waals surface area contributed by atoms with E-state index in [1.165, 1.54) is 0 Å². The fourth-order valence-electron chi connectivity index (χ4n) is 1.83. The number of ether oxygens (including phenoxy) is 3. The monoisotopic (exact) mass is 248 g/mol. The molecule has 0 radical (unpaired) electrons. The predicted octanol–water partition coefficient (Wildman–Crippen LogP) is -0.179. The molecule has 2 aliphatic rings. The Balaban J connectivity index is 1.85. The minimum atomic E-state index is -2.14. The zero-order valence-corrected chi connectivity index (χ0v) is 9.22. The van der Waals surface area contributed by atoms with E-state index in [0.29, 0.717) is 13.2 Å². The molecule has 16 heavy (non-hydrogen) atoms. The SMILES string of the molecule is O=C(C=CS(=O)O)OC1COC2CCOC21. The largest absolute Gasteiger partial charge is 0.454 e. The fraction of sp³-hybridized carbons (Fsp3) is 0.667. The Morgan fingerprint density at radius 1 is 1.50 bits per heavy atom. The van der Waals surface area contributed by atoms with Gasteiger partial charge in [0.15, 0.2) is 17.2 Å². The molecule has 1 N–H and O–H groups in total. The number of fused-ring (bicyclic) bond motifs is 1. The van der Waals surface area contributed by atoms with Crippen LogP contribution in [0, 0.1) is 0 Å². The van der Waals surface area contributed by atoms with Crippen molar-refractivity contribution in [3.8, 4) is 0 Å². The Morgan fingerprint density at radius 3 is 3.06 bits per heavy atom. The van der Waals surface area contributed by atoms with Crippen molar-refractivity contribution in [2.75, 3.05) is 13.2 Å². The summed E-state index contributed by atoms with van der Waals surface area (Å²) in [5, 5.41) is 0.852. The van der Waals surface area contributed by atoms with Gasteiger partial charge in [-0.05, 0) is 6.42 Å². The summed E-state index contributed by atoms with van der Waals surface area (Å²) in [6, 6.07) is 0. The Labute approximate surface area is 94.8 Å². The third-order valence-electron chi connectivity index (χ3n) is 2.51. The standard InChI is InChI=1S/C9H12O6S/c10-8(2-4-16(11)12)15-7-5-14-6-1-3-13-9(6)7/h2,4,6-7,9H,1,3,5H2,(H,11,12). The Hall–Kier alpha value is -0.760. The Bertz CT molecular complexity index is 328. The van der Waals surface area contributed by atoms with Crippen molar-refractivity contribution in [2.45, 2.75) is 24.7 Å². The molecule has 4 atom stereocenters. The van der Waals surface area contributed by atoms with Crippen LogP contribution in [0.3, 0.4) is 0 Å². The summed E-state index contributed by atoms with van der Waals surface area (Å²) in [6.07, 6.45) is 1.13. The number of hydrogen-bond acceptors (Lipinski definition) is 5. The molecule has 0 saturated carbocycles. The second-order valence-corrected chi connectivity index (χ2v) is 4.37. The summed E-state index contributed by atoms with van der Waals surface area (Å²) in [7, 11) is 0. The van der Waals surface area contributed by atoms with Crippen LogP contribution in [0.1, 0.15) is 6.42 Å². The molecule has 6 nitrogen and oxygen atoms in total. The van der Waals surface area contributed by atoms with Crippen LogP contribution in [0.5, 0.6) is 0 Å². The first-order valence-electron chi connectivity index (χ1n) is 4.88. The van der Waals surface area contributed by atoms with Gasteiger partial charge in [0.05, 0.1) is 12.7 Å². The summed E-state index contributed by atoms with van der Waals surface area (Å²) in [5.74, 6) is -0.660. The molecule has 0 aliphatic carbocycles. The topological polar surface area (TPSA) is 82.1 Å². The molecule has 2 heterocycles. The highest BCUT2D eigenvalue weighted by atomic mass is 32.2. The normalized spacial score (nSPS) is 35.2. The first kappa shape index (κ1) is 11.7. The van der Waals surface area contributed by atoms with Crippen molar-refractivity contribution >= 4 is 17.0 Å². The number of hydrogen-bond donors (Lipinski definition) is 1. The molecule has 0 spiro atoms. The molecule has 2 rings (SSSR count). The van der Waals surface area contributed by atoms with Crippen LogP contribution in [0.2, 0.25) is 0 Å². The Morgan fingerprint density at radius 2 is 2.31 bits per heavy atom. The predicted molar refractivity (Wildman–Crippen MR) is 53.9 cm³/mol. The van der Waals surface area contributed by atoms with Crippen molar-refractivity contribution in [1.82, 2.24) is 0 Å². The Kier molecular flexibility index (Phi) is 3.70. The van der Waals surface area contributed by atoms with Crippen LogP contribution in [-0.2, 0) is 30.1 Å². The highest BCUT2D eigenvalue weighted by Crippen LogP contribution is 2.28. The third-order valence-corrected chi connectivity index (χ3v) is 2.88. The van der Waals surface area contributed by atoms with Crippen LogP contribution < -0.4 is 0 Å². The maximum absolute atomic E-state index is 11.2. The van der Waals surface area contributed by atoms with E-state index < -0.39 is 23.2 Å². The average Bonchev–Trinajstić information content (AvgIpc) is 2.80. The van der Waals surface area contributed by atoms with Gasteiger partial charge >= 0.3 is 5.97 Å². The molecule has 4 unspecified atom stereocenters. The van der Waals surface area contributed by atoms with Crippen LogP contribution in [0.15, 0.2) is 11.5 Å². The summed E-state index contributed by atoms with van der Waals surface area (Å²) in [6.45, 7) is 0.928. The lowest BCUT2D eigenvalue weighted by Crippen LogP contribution is -2.31. The lowest BCUT2D eigenvalue weighted by atomic mass is 10.1. The quantitative estimate of drug-likeness (QED) is 0.424. The van der Waals surface area contributed by atoms with Crippen LogP contribution >= 0.6 is 0 Å². The van der Waals surface area contributed by atoms with Gasteiger partial charge in [-0.15, -0.1) is 0 Å². The first-order valence-corrected chi connectivity index (χ1v) is 6.05. The van der Waals surface area contributed by atoms with Crippen molar-refractivity contribution in [3.05, 3.63) is 11.5 Å². The molecule has 0 aromatic carbocycles. The van der Waals surface area contributed by atoms with E-state index in [4.69, 9.17) is 18.8 Å². The first-order chi connectivity index (χ1) is 7.66. The smallest absolute Gasteiger partial charge is 0.331 e. The molecule has 0 bridgehead atoms. The summed E-state index contributed by atoms with van der Waals surface area (Å²) >= 11 is -2.14. The van der Waals surface area contributed by atoms with Gasteiger partial charge < -0.3 is 18.8 Å². The van der Waals surface area contributed by atoms with E-state index in [-0.39, 0.29) is 12.2 Å². The lowest BCUT2D eigenvalue weighted by molar-refractivity contribution is -0.147. The summed E-state index contributed by atoms with van der Waals surface area (Å²) < 4.78 is 34.5. The molecule has 7 heteroatoms. The van der Waals surface area contributed by atoms with E-state index in [2.05, 4.69) is 0 Å². The van der Waals surface area contributed by atoms with Gasteiger partial charge in [0.2, 0.25) is 0 Å². The van der Waals surface area contributed by atoms with Crippen molar-refractivity contribution in [3.63, 3.8) is 0 Å². The summed E-state index contributed by atoms with van der Waals surface area (Å²) in [4.78, 5) is 11.2. The second kappa shape index (κ2) is 5.05. The zero-order valence-electron chi connectivity index (χ0n) is 8.40. The van der Waals surface area contributed by atoms with Gasteiger partial charge in [0.25, 0.3) is 0 Å². The summed E-state index contributed by atoms with van der Waals surface area (Å²) in [5.41, 5.74) is 0. The minimum Gasteiger partial charge on any atom is -0.454 e. The van der Waals surface area contributed by atoms with Gasteiger partial charge in [-0.25, -0.2) is 9.00 Å². The van der Waals surface area contributed by atoms with Gasteiger partial charge in [-0.1, -0.05) is 0 Å². The van der Waals surface area contributed by atoms with Crippen molar-refractivity contribution in [1.29, 1.82) is 0 Å². The van der Waals surface area contributed by atoms with Gasteiger partial charge in [0.1, 0.15) is 6.10 Å². The van der Waals surface area contributed by atoms with E-state index >= 15 is 0 Å². The average molecular weight is 248 g/mol. The van der Waals surface area contributed by atoms with E-state index in [9.17, 15) is 9.00 Å². The van der Waals surface area contributed by atoms with Crippen molar-refractivity contribution in [2.24, 2.45) is 0 Å². The molecule has 2 fully saturated rings. The van der Waals surface area contributed by atoms with Crippen LogP contribution in [0.25, 0.3) is 0 Å². The maximum Gasteiger partial charge on any atom is 0.331 e. The van der Waals surface area contributed by atoms with Crippen LogP contribution in [0.4, 0.5) is 0 Å². The number of carbonyl (C=O) groups excluding carboxylic acids is 1. The van der Waals surface area contributed by atoms with E-state index in [1.54, 1.807) is 0 Å². The fourth-order valence-corrected chi connectivity index (χ4v) is 2.06. The number of rotatable bonds is 3. The van der Waals surface area contributed by atoms with E-state index in [1.807, 2.05) is 0 Å². The zero-order chi connectivity index (χ0) is 11.5. The molecule has 90 valence electrons. The maximum atomic E-state index is 11.2. The van der Waals surface area contributed by atoms with Crippen molar-refractivity contribution < 1.29 is 27.8 Å². The highest BCUT2D eigenvalue weighted by Gasteiger charge is 2.43. The number of esters is 1. The second-order valence-electron chi connectivity index (χ2n) is 3.55. The molecular weight excluding hydrogens is 236 g/mol. The lowest BCUT2D eigenvalue weighted by Gasteiger charge is -2.15. The third kappa shape index (κ3) is 2.67. The van der Waals surface area contributed by atoms with E-state index in [0.717, 1.165) is 17.9 Å². The van der Waals surface area contributed by atoms with Gasteiger partial charge in [0, 0.05) is 18.1 Å². The van der Waals surface area contributed by atoms with Crippen LogP contribution in [-0.4, -0.2) is 46.3 Å². The van der Waals surface area contributed by atoms with Gasteiger partial charge in [-0.2, -0.15) is 0 Å². The molecule has 0 aromatic rings. The molecule has 0 amide bonds. The van der Waals surface area contributed by atoms with Gasteiger partial charge in [-0.3, -0.25) is 0 Å². The number of carbonyl (C=O) groups is 1.